The molecule has 0 bridgehead atoms. The Balaban J connectivity index is 1.88. The molecule has 0 aliphatic carbocycles. The van der Waals surface area contributed by atoms with Gasteiger partial charge in [0.1, 0.15) is 11.9 Å². The Morgan fingerprint density at radius 2 is 2.15 bits per heavy atom. The van der Waals surface area contributed by atoms with Crippen LogP contribution < -0.4 is 5.32 Å². The van der Waals surface area contributed by atoms with Crippen LogP contribution >= 0.6 is 0 Å². The molecule has 1 aromatic rings. The van der Waals surface area contributed by atoms with Crippen molar-refractivity contribution in [1.82, 2.24) is 9.88 Å². The van der Waals surface area contributed by atoms with Gasteiger partial charge < -0.3 is 15.0 Å². The van der Waals surface area contributed by atoms with Crippen molar-refractivity contribution in [1.29, 1.82) is 0 Å². The van der Waals surface area contributed by atoms with E-state index in [-0.39, 0.29) is 17.7 Å². The zero-order valence-corrected chi connectivity index (χ0v) is 16.3. The Labute approximate surface area is 156 Å². The van der Waals surface area contributed by atoms with Gasteiger partial charge in [-0.1, -0.05) is 19.9 Å². The predicted molar refractivity (Wildman–Crippen MR) is 102 cm³/mol. The van der Waals surface area contributed by atoms with Gasteiger partial charge in [0.25, 0.3) is 5.91 Å². The number of hydrogen-bond acceptors (Lipinski definition) is 4. The van der Waals surface area contributed by atoms with Gasteiger partial charge in [-0.15, -0.1) is 0 Å². The van der Waals surface area contributed by atoms with Crippen LogP contribution in [-0.2, 0) is 14.3 Å². The molecule has 0 aromatic carbocycles. The van der Waals surface area contributed by atoms with Crippen molar-refractivity contribution in [2.75, 3.05) is 25.0 Å². The van der Waals surface area contributed by atoms with Gasteiger partial charge in [0.05, 0.1) is 5.92 Å². The summed E-state index contributed by atoms with van der Waals surface area (Å²) in [7, 11) is 0. The predicted octanol–water partition coefficient (Wildman–Crippen LogP) is 3.02. The lowest BCUT2D eigenvalue weighted by atomic mass is 9.96. The molecule has 1 aliphatic rings. The highest BCUT2D eigenvalue weighted by Crippen LogP contribution is 2.20. The molecule has 2 amide bonds. The third-order valence-electron chi connectivity index (χ3n) is 4.77. The van der Waals surface area contributed by atoms with Crippen LogP contribution in [0.15, 0.2) is 18.3 Å². The highest BCUT2D eigenvalue weighted by molar-refractivity contribution is 5.93. The molecular weight excluding hydrogens is 330 g/mol. The molecule has 2 atom stereocenters. The van der Waals surface area contributed by atoms with Gasteiger partial charge in [-0.2, -0.15) is 0 Å². The zero-order chi connectivity index (χ0) is 19.1. The summed E-state index contributed by atoms with van der Waals surface area (Å²) in [6.07, 6.45) is 3.74. The summed E-state index contributed by atoms with van der Waals surface area (Å²) in [5.74, 6) is 0.830. The van der Waals surface area contributed by atoms with E-state index in [0.29, 0.717) is 31.4 Å². The fourth-order valence-electron chi connectivity index (χ4n) is 3.04. The molecule has 0 spiro atoms. The molecule has 0 saturated carbocycles. The number of aromatic nitrogens is 1. The van der Waals surface area contributed by atoms with Crippen LogP contribution in [0.25, 0.3) is 0 Å². The number of pyridine rings is 1. The summed E-state index contributed by atoms with van der Waals surface area (Å²) in [6.45, 7) is 9.68. The number of aryl methyl sites for hydroxylation is 1. The topological polar surface area (TPSA) is 71.5 Å². The van der Waals surface area contributed by atoms with Crippen molar-refractivity contribution in [3.8, 4) is 0 Å². The van der Waals surface area contributed by atoms with Crippen LogP contribution in [0.4, 0.5) is 5.82 Å². The fourth-order valence-corrected chi connectivity index (χ4v) is 3.04. The molecule has 6 heteroatoms. The molecule has 6 nitrogen and oxygen atoms in total. The van der Waals surface area contributed by atoms with Gasteiger partial charge in [-0.05, 0) is 50.7 Å². The van der Waals surface area contributed by atoms with Crippen LogP contribution in [0.2, 0.25) is 0 Å². The number of hydrogen-bond donors (Lipinski definition) is 1. The third kappa shape index (κ3) is 5.80. The van der Waals surface area contributed by atoms with E-state index >= 15 is 0 Å². The first-order valence-electron chi connectivity index (χ1n) is 9.51. The molecule has 2 unspecified atom stereocenters. The Hall–Kier alpha value is -1.95. The second-order valence-corrected chi connectivity index (χ2v) is 7.48. The summed E-state index contributed by atoms with van der Waals surface area (Å²) >= 11 is 0. The second-order valence-electron chi connectivity index (χ2n) is 7.48. The molecule has 2 heterocycles. The van der Waals surface area contributed by atoms with E-state index in [2.05, 4.69) is 24.1 Å². The molecule has 144 valence electrons. The lowest BCUT2D eigenvalue weighted by molar-refractivity contribution is -0.145. The third-order valence-corrected chi connectivity index (χ3v) is 4.77. The maximum atomic E-state index is 12.6. The SMILES string of the molecule is Cc1cccnc1NC(=O)C1CCCN(C(=O)C(C)OCCC(C)C)C1. The van der Waals surface area contributed by atoms with E-state index in [1.165, 1.54) is 0 Å². The van der Waals surface area contributed by atoms with Crippen molar-refractivity contribution < 1.29 is 14.3 Å². The molecule has 1 fully saturated rings. The number of amides is 2. The number of carbonyl (C=O) groups is 2. The van der Waals surface area contributed by atoms with E-state index in [9.17, 15) is 9.59 Å². The van der Waals surface area contributed by atoms with E-state index < -0.39 is 6.10 Å². The van der Waals surface area contributed by atoms with Gasteiger partial charge in [0.2, 0.25) is 5.91 Å². The van der Waals surface area contributed by atoms with E-state index in [1.807, 2.05) is 19.1 Å². The second kappa shape index (κ2) is 9.67. The molecule has 1 aliphatic heterocycles. The fraction of sp³-hybridized carbons (Fsp3) is 0.650. The summed E-state index contributed by atoms with van der Waals surface area (Å²) in [4.78, 5) is 31.2. The van der Waals surface area contributed by atoms with E-state index in [4.69, 9.17) is 4.74 Å². The van der Waals surface area contributed by atoms with E-state index in [0.717, 1.165) is 24.8 Å². The minimum atomic E-state index is -0.464. The van der Waals surface area contributed by atoms with Gasteiger partial charge in [-0.25, -0.2) is 4.98 Å². The van der Waals surface area contributed by atoms with Gasteiger partial charge in [0, 0.05) is 25.9 Å². The van der Waals surface area contributed by atoms with Crippen LogP contribution in [0.3, 0.4) is 0 Å². The Morgan fingerprint density at radius 3 is 2.85 bits per heavy atom. The summed E-state index contributed by atoms with van der Waals surface area (Å²) in [6, 6.07) is 3.75. The Kier molecular flexibility index (Phi) is 7.57. The number of nitrogens with one attached hydrogen (secondary N) is 1. The average Bonchev–Trinajstić information content (AvgIpc) is 2.62. The van der Waals surface area contributed by atoms with Crippen molar-refractivity contribution in [3.05, 3.63) is 23.9 Å². The molecular formula is C20H31N3O3. The molecule has 1 aromatic heterocycles. The van der Waals surface area contributed by atoms with Crippen LogP contribution in [0.1, 0.15) is 45.6 Å². The first kappa shape index (κ1) is 20.4. The van der Waals surface area contributed by atoms with Crippen LogP contribution in [-0.4, -0.2) is 47.5 Å². The smallest absolute Gasteiger partial charge is 0.251 e. The van der Waals surface area contributed by atoms with Gasteiger partial charge >= 0.3 is 0 Å². The molecule has 26 heavy (non-hydrogen) atoms. The minimum Gasteiger partial charge on any atom is -0.369 e. The highest BCUT2D eigenvalue weighted by atomic mass is 16.5. The number of likely N-dealkylation sites (tertiary alicyclic amines) is 1. The van der Waals surface area contributed by atoms with Gasteiger partial charge in [0.15, 0.2) is 0 Å². The standard InChI is InChI=1S/C20H31N3O3/c1-14(2)9-12-26-16(4)20(25)23-11-6-8-17(13-23)19(24)22-18-15(3)7-5-10-21-18/h5,7,10,14,16-17H,6,8-9,11-13H2,1-4H3,(H,21,22,24). The van der Waals surface area contributed by atoms with Gasteiger partial charge in [-0.3, -0.25) is 9.59 Å². The molecule has 1 saturated heterocycles. The number of nitrogens with zero attached hydrogens (tertiary/aromatic N) is 2. The Bertz CT molecular complexity index is 618. The summed E-state index contributed by atoms with van der Waals surface area (Å²) in [5.41, 5.74) is 0.928. The number of carbonyl (C=O) groups excluding carboxylic acids is 2. The molecule has 0 radical (unpaired) electrons. The van der Waals surface area contributed by atoms with E-state index in [1.54, 1.807) is 18.0 Å². The van der Waals surface area contributed by atoms with Crippen molar-refractivity contribution >= 4 is 17.6 Å². The van der Waals surface area contributed by atoms with Crippen molar-refractivity contribution in [2.24, 2.45) is 11.8 Å². The number of anilines is 1. The minimum absolute atomic E-state index is 0.0275. The maximum Gasteiger partial charge on any atom is 0.251 e. The van der Waals surface area contributed by atoms with Crippen LogP contribution in [0.5, 0.6) is 0 Å². The summed E-state index contributed by atoms with van der Waals surface area (Å²) < 4.78 is 5.67. The van der Waals surface area contributed by atoms with Crippen molar-refractivity contribution in [2.45, 2.75) is 53.1 Å². The maximum absolute atomic E-state index is 12.6. The largest absolute Gasteiger partial charge is 0.369 e. The molecule has 1 N–H and O–H groups in total. The lowest BCUT2D eigenvalue weighted by Gasteiger charge is -2.33. The number of piperidine rings is 1. The summed E-state index contributed by atoms with van der Waals surface area (Å²) in [5, 5.41) is 2.90. The number of ether oxygens (including phenoxy) is 1. The first-order valence-corrected chi connectivity index (χ1v) is 9.51. The molecule has 2 rings (SSSR count). The lowest BCUT2D eigenvalue weighted by Crippen LogP contribution is -2.47. The van der Waals surface area contributed by atoms with Crippen LogP contribution in [0, 0.1) is 18.8 Å². The number of rotatable bonds is 7. The average molecular weight is 361 g/mol. The quantitative estimate of drug-likeness (QED) is 0.810. The van der Waals surface area contributed by atoms with Crippen molar-refractivity contribution in [3.63, 3.8) is 0 Å². The normalized spacial score (nSPS) is 18.7. The monoisotopic (exact) mass is 361 g/mol. The Morgan fingerprint density at radius 1 is 1.38 bits per heavy atom. The first-order chi connectivity index (χ1) is 12.4. The highest BCUT2D eigenvalue weighted by Gasteiger charge is 2.31. The zero-order valence-electron chi connectivity index (χ0n) is 16.3.